The van der Waals surface area contributed by atoms with E-state index < -0.39 is 0 Å². The van der Waals surface area contributed by atoms with Crippen LogP contribution >= 0.6 is 31.9 Å². The number of nitrogens with two attached hydrogens (primary N) is 1. The smallest absolute Gasteiger partial charge is 0.138 e. The lowest BCUT2D eigenvalue weighted by atomic mass is 10.0. The number of halogens is 2. The van der Waals surface area contributed by atoms with Crippen molar-refractivity contribution in [3.05, 3.63) is 56.5 Å². The molecule has 0 radical (unpaired) electrons. The molecule has 0 aliphatic heterocycles. The van der Waals surface area contributed by atoms with E-state index in [1.165, 1.54) is 0 Å². The lowest BCUT2D eigenvalue weighted by Crippen LogP contribution is -2.12. The molecule has 0 unspecified atom stereocenters. The molecule has 0 spiro atoms. The fraction of sp³-hybridized carbons (Fsp3) is 0.188. The van der Waals surface area contributed by atoms with Crippen molar-refractivity contribution >= 4 is 37.7 Å². The molecule has 0 atom stereocenters. The van der Waals surface area contributed by atoms with Crippen molar-refractivity contribution < 1.29 is 4.74 Å². The van der Waals surface area contributed by atoms with E-state index in [1.54, 1.807) is 6.07 Å². The van der Waals surface area contributed by atoms with Crippen LogP contribution in [-0.4, -0.2) is 5.84 Å². The number of hydrogen-bond acceptors (Lipinski definition) is 2. The molecular formula is C16H16Br2N2O. The van der Waals surface area contributed by atoms with Crippen molar-refractivity contribution in [1.82, 2.24) is 0 Å². The highest BCUT2D eigenvalue weighted by Crippen LogP contribution is 2.34. The van der Waals surface area contributed by atoms with Gasteiger partial charge in [0.05, 0.1) is 5.56 Å². The van der Waals surface area contributed by atoms with Crippen molar-refractivity contribution in [2.75, 3.05) is 0 Å². The third kappa shape index (κ3) is 3.86. The zero-order valence-corrected chi connectivity index (χ0v) is 15.0. The first-order chi connectivity index (χ1) is 9.88. The summed E-state index contributed by atoms with van der Waals surface area (Å²) in [5.41, 5.74) is 7.30. The molecular weight excluding hydrogens is 396 g/mol. The van der Waals surface area contributed by atoms with Crippen molar-refractivity contribution in [2.45, 2.75) is 19.8 Å². The third-order valence-electron chi connectivity index (χ3n) is 3.05. The molecule has 21 heavy (non-hydrogen) atoms. The molecule has 0 saturated carbocycles. The normalized spacial score (nSPS) is 10.7. The minimum absolute atomic E-state index is 0.0190. The van der Waals surface area contributed by atoms with Crippen LogP contribution in [0.1, 0.15) is 30.9 Å². The summed E-state index contributed by atoms with van der Waals surface area (Å²) in [7, 11) is 0. The number of hydrogen-bond donors (Lipinski definition) is 2. The van der Waals surface area contributed by atoms with Crippen LogP contribution in [0, 0.1) is 5.41 Å². The maximum atomic E-state index is 7.68. The van der Waals surface area contributed by atoms with Gasteiger partial charge in [0.2, 0.25) is 0 Å². The van der Waals surface area contributed by atoms with Gasteiger partial charge in [-0.1, -0.05) is 45.7 Å². The van der Waals surface area contributed by atoms with Gasteiger partial charge in [0.25, 0.3) is 0 Å². The average Bonchev–Trinajstić information content (AvgIpc) is 2.42. The van der Waals surface area contributed by atoms with E-state index in [9.17, 15) is 0 Å². The minimum Gasteiger partial charge on any atom is -0.456 e. The Kier molecular flexibility index (Phi) is 5.06. The van der Waals surface area contributed by atoms with Gasteiger partial charge in [-0.3, -0.25) is 5.41 Å². The Morgan fingerprint density at radius 2 is 1.62 bits per heavy atom. The summed E-state index contributed by atoms with van der Waals surface area (Å²) in [6.07, 6.45) is 0. The second kappa shape index (κ2) is 6.62. The summed E-state index contributed by atoms with van der Waals surface area (Å²) >= 11 is 6.86. The number of benzene rings is 2. The Bertz CT molecular complexity index is 684. The molecule has 0 aromatic heterocycles. The molecule has 0 aliphatic rings. The highest BCUT2D eigenvalue weighted by molar-refractivity contribution is 9.10. The van der Waals surface area contributed by atoms with Crippen molar-refractivity contribution in [3.8, 4) is 11.5 Å². The molecule has 0 bridgehead atoms. The Hall–Kier alpha value is -1.33. The Morgan fingerprint density at radius 3 is 2.19 bits per heavy atom. The molecule has 2 rings (SSSR count). The number of nitrogen functional groups attached to an aromatic ring is 1. The lowest BCUT2D eigenvalue weighted by Gasteiger charge is -2.16. The fourth-order valence-electron chi connectivity index (χ4n) is 1.98. The van der Waals surface area contributed by atoms with Crippen LogP contribution in [0.2, 0.25) is 0 Å². The predicted molar refractivity (Wildman–Crippen MR) is 93.5 cm³/mol. The minimum atomic E-state index is -0.0190. The maximum absolute atomic E-state index is 7.68. The summed E-state index contributed by atoms with van der Waals surface area (Å²) in [6.45, 7) is 4.23. The predicted octanol–water partition coefficient (Wildman–Crippen LogP) is 5.41. The molecule has 110 valence electrons. The molecule has 2 aromatic carbocycles. The van der Waals surface area contributed by atoms with Crippen molar-refractivity contribution in [3.63, 3.8) is 0 Å². The molecule has 0 saturated heterocycles. The first kappa shape index (κ1) is 16.0. The van der Waals surface area contributed by atoms with Gasteiger partial charge in [0.15, 0.2) is 0 Å². The quantitative estimate of drug-likeness (QED) is 0.521. The highest BCUT2D eigenvalue weighted by atomic mass is 79.9. The van der Waals surface area contributed by atoms with Crippen LogP contribution < -0.4 is 10.5 Å². The van der Waals surface area contributed by atoms with Gasteiger partial charge in [-0.15, -0.1) is 0 Å². The SMILES string of the molecule is CC(C)c1cc(Br)ccc1Oc1ccc(Br)cc1C(=N)N. The Balaban J connectivity index is 2.46. The van der Waals surface area contributed by atoms with Gasteiger partial charge < -0.3 is 10.5 Å². The summed E-state index contributed by atoms with van der Waals surface area (Å²) < 4.78 is 7.89. The van der Waals surface area contributed by atoms with Gasteiger partial charge in [-0.2, -0.15) is 0 Å². The largest absolute Gasteiger partial charge is 0.456 e. The van der Waals surface area contributed by atoms with Crippen LogP contribution in [-0.2, 0) is 0 Å². The van der Waals surface area contributed by atoms with Gasteiger partial charge in [0, 0.05) is 8.95 Å². The molecule has 0 amide bonds. The molecule has 0 heterocycles. The summed E-state index contributed by atoms with van der Waals surface area (Å²) in [6, 6.07) is 11.4. The first-order valence-electron chi connectivity index (χ1n) is 6.49. The third-order valence-corrected chi connectivity index (χ3v) is 4.03. The van der Waals surface area contributed by atoms with E-state index in [-0.39, 0.29) is 5.84 Å². The molecule has 0 fully saturated rings. The first-order valence-corrected chi connectivity index (χ1v) is 8.08. The topological polar surface area (TPSA) is 59.1 Å². The van der Waals surface area contributed by atoms with Crippen molar-refractivity contribution in [2.24, 2.45) is 5.73 Å². The van der Waals surface area contributed by atoms with Crippen LogP contribution in [0.4, 0.5) is 0 Å². The second-order valence-corrected chi connectivity index (χ2v) is 6.82. The van der Waals surface area contributed by atoms with Crippen LogP contribution in [0.25, 0.3) is 0 Å². The molecule has 5 heteroatoms. The summed E-state index contributed by atoms with van der Waals surface area (Å²) in [5, 5.41) is 7.68. The van der Waals surface area contributed by atoms with Gasteiger partial charge >= 0.3 is 0 Å². The molecule has 3 nitrogen and oxygen atoms in total. The lowest BCUT2D eigenvalue weighted by molar-refractivity contribution is 0.472. The fourth-order valence-corrected chi connectivity index (χ4v) is 2.72. The van der Waals surface area contributed by atoms with E-state index in [1.807, 2.05) is 30.3 Å². The second-order valence-electron chi connectivity index (χ2n) is 4.99. The zero-order valence-electron chi connectivity index (χ0n) is 11.8. The van der Waals surface area contributed by atoms with Crippen LogP contribution in [0.3, 0.4) is 0 Å². The molecule has 3 N–H and O–H groups in total. The van der Waals surface area contributed by atoms with E-state index in [0.717, 1.165) is 20.3 Å². The number of nitrogens with one attached hydrogen (secondary N) is 1. The Labute approximate surface area is 141 Å². The Morgan fingerprint density at radius 1 is 1.05 bits per heavy atom. The van der Waals surface area contributed by atoms with E-state index >= 15 is 0 Å². The van der Waals surface area contributed by atoms with Crippen LogP contribution in [0.5, 0.6) is 11.5 Å². The van der Waals surface area contributed by atoms with Crippen LogP contribution in [0.15, 0.2) is 45.3 Å². The van der Waals surface area contributed by atoms with Gasteiger partial charge in [-0.25, -0.2) is 0 Å². The monoisotopic (exact) mass is 410 g/mol. The standard InChI is InChI=1S/C16H16Br2N2O/c1-9(2)12-7-10(17)3-5-14(12)21-15-6-4-11(18)8-13(15)16(19)20/h3-9H,1-2H3,(H3,19,20). The molecule has 2 aromatic rings. The van der Waals surface area contributed by atoms with E-state index in [2.05, 4.69) is 45.7 Å². The number of amidine groups is 1. The van der Waals surface area contributed by atoms with Gasteiger partial charge in [0.1, 0.15) is 17.3 Å². The highest BCUT2D eigenvalue weighted by Gasteiger charge is 2.13. The summed E-state index contributed by atoms with van der Waals surface area (Å²) in [5.74, 6) is 1.66. The number of ether oxygens (including phenoxy) is 1. The summed E-state index contributed by atoms with van der Waals surface area (Å²) in [4.78, 5) is 0. The zero-order chi connectivity index (χ0) is 15.6. The van der Waals surface area contributed by atoms with Crippen molar-refractivity contribution in [1.29, 1.82) is 5.41 Å². The average molecular weight is 412 g/mol. The number of rotatable bonds is 4. The van der Waals surface area contributed by atoms with E-state index in [0.29, 0.717) is 17.2 Å². The maximum Gasteiger partial charge on any atom is 0.138 e. The van der Waals surface area contributed by atoms with Gasteiger partial charge in [-0.05, 0) is 47.9 Å². The van der Waals surface area contributed by atoms with E-state index in [4.69, 9.17) is 15.9 Å². The molecule has 0 aliphatic carbocycles.